The highest BCUT2D eigenvalue weighted by molar-refractivity contribution is 7.89. The number of amides is 1. The van der Waals surface area contributed by atoms with E-state index in [-0.39, 0.29) is 22.9 Å². The first-order chi connectivity index (χ1) is 18.2. The van der Waals surface area contributed by atoms with Crippen molar-refractivity contribution in [3.05, 3.63) is 95.8 Å². The summed E-state index contributed by atoms with van der Waals surface area (Å²) in [5.41, 5.74) is 1.17. The van der Waals surface area contributed by atoms with Crippen LogP contribution in [0.1, 0.15) is 11.1 Å². The molecule has 1 amide bonds. The van der Waals surface area contributed by atoms with Gasteiger partial charge in [0.25, 0.3) is 0 Å². The van der Waals surface area contributed by atoms with E-state index in [0.29, 0.717) is 37.4 Å². The summed E-state index contributed by atoms with van der Waals surface area (Å²) in [4.78, 5) is 13.0. The molecule has 9 nitrogen and oxygen atoms in total. The summed E-state index contributed by atoms with van der Waals surface area (Å²) in [5.74, 6) is -0.996. The summed E-state index contributed by atoms with van der Waals surface area (Å²) in [5, 5.41) is 2.69. The fourth-order valence-corrected chi connectivity index (χ4v) is 6.71. The summed E-state index contributed by atoms with van der Waals surface area (Å²) in [6, 6.07) is 19.3. The van der Waals surface area contributed by atoms with Crippen LogP contribution in [0.15, 0.2) is 88.7 Å². The number of hydrogen-bond acceptors (Lipinski definition) is 6. The molecule has 0 aromatic heterocycles. The number of hydrogen-bond donors (Lipinski definition) is 1. The van der Waals surface area contributed by atoms with Crippen molar-refractivity contribution < 1.29 is 30.8 Å². The standard InChI is InChI=1S/C26H28FN3O6S2/c27-23-10-6-22(7-11-23)19-30(38(34,35)24-4-2-1-3-5-24)20-26(31)28-18-21-8-12-25(13-9-21)37(32,33)29-14-16-36-17-15-29/h1-13H,14-20H2,(H,28,31). The van der Waals surface area contributed by atoms with Crippen molar-refractivity contribution in [3.8, 4) is 0 Å². The van der Waals surface area contributed by atoms with Crippen molar-refractivity contribution in [2.45, 2.75) is 22.9 Å². The molecule has 0 bridgehead atoms. The molecule has 1 fully saturated rings. The average Bonchev–Trinajstić information content (AvgIpc) is 2.94. The van der Waals surface area contributed by atoms with Gasteiger partial charge in [-0.05, 0) is 47.5 Å². The van der Waals surface area contributed by atoms with Crippen LogP contribution in [0.5, 0.6) is 0 Å². The fraction of sp³-hybridized carbons (Fsp3) is 0.269. The maximum absolute atomic E-state index is 13.3. The molecular weight excluding hydrogens is 533 g/mol. The van der Waals surface area contributed by atoms with Crippen LogP contribution in [0, 0.1) is 5.82 Å². The van der Waals surface area contributed by atoms with Crippen LogP contribution in [0.25, 0.3) is 0 Å². The van der Waals surface area contributed by atoms with Crippen LogP contribution < -0.4 is 5.32 Å². The number of benzene rings is 3. The highest BCUT2D eigenvalue weighted by Gasteiger charge is 2.28. The third-order valence-electron chi connectivity index (χ3n) is 5.99. The molecule has 12 heteroatoms. The highest BCUT2D eigenvalue weighted by Crippen LogP contribution is 2.20. The third kappa shape index (κ3) is 6.83. The van der Waals surface area contributed by atoms with Crippen molar-refractivity contribution in [3.63, 3.8) is 0 Å². The number of halogens is 1. The zero-order valence-electron chi connectivity index (χ0n) is 20.5. The Balaban J connectivity index is 1.43. The minimum Gasteiger partial charge on any atom is -0.379 e. The summed E-state index contributed by atoms with van der Waals surface area (Å²) < 4.78 is 73.1. The Morgan fingerprint density at radius 2 is 1.45 bits per heavy atom. The third-order valence-corrected chi connectivity index (χ3v) is 9.71. The van der Waals surface area contributed by atoms with Gasteiger partial charge in [-0.15, -0.1) is 0 Å². The van der Waals surface area contributed by atoms with Crippen molar-refractivity contribution >= 4 is 26.0 Å². The maximum atomic E-state index is 13.3. The van der Waals surface area contributed by atoms with E-state index in [9.17, 15) is 26.0 Å². The molecule has 1 N–H and O–H groups in total. The van der Waals surface area contributed by atoms with Crippen molar-refractivity contribution in [2.75, 3.05) is 32.8 Å². The second-order valence-corrected chi connectivity index (χ2v) is 12.5. The number of ether oxygens (including phenoxy) is 1. The van der Waals surface area contributed by atoms with Crippen LogP contribution in [-0.4, -0.2) is 64.2 Å². The first-order valence-corrected chi connectivity index (χ1v) is 14.8. The number of carbonyl (C=O) groups is 1. The predicted molar refractivity (Wildman–Crippen MR) is 138 cm³/mol. The Kier molecular flexibility index (Phi) is 8.90. The van der Waals surface area contributed by atoms with Gasteiger partial charge in [0.2, 0.25) is 26.0 Å². The van der Waals surface area contributed by atoms with Crippen LogP contribution in [0.4, 0.5) is 4.39 Å². The molecule has 0 spiro atoms. The Morgan fingerprint density at radius 3 is 2.08 bits per heavy atom. The van der Waals surface area contributed by atoms with Gasteiger partial charge < -0.3 is 10.1 Å². The summed E-state index contributed by atoms with van der Waals surface area (Å²) >= 11 is 0. The average molecular weight is 562 g/mol. The lowest BCUT2D eigenvalue weighted by molar-refractivity contribution is -0.121. The van der Waals surface area contributed by atoms with E-state index < -0.39 is 38.3 Å². The van der Waals surface area contributed by atoms with Gasteiger partial charge in [0.05, 0.1) is 29.5 Å². The second kappa shape index (κ2) is 12.1. The Labute approximate surface area is 221 Å². The van der Waals surface area contributed by atoms with Gasteiger partial charge in [0, 0.05) is 26.2 Å². The zero-order valence-corrected chi connectivity index (χ0v) is 22.1. The van der Waals surface area contributed by atoms with Gasteiger partial charge in [0.1, 0.15) is 5.82 Å². The first-order valence-electron chi connectivity index (χ1n) is 11.9. The van der Waals surface area contributed by atoms with E-state index in [4.69, 9.17) is 4.74 Å². The van der Waals surface area contributed by atoms with Crippen molar-refractivity contribution in [2.24, 2.45) is 0 Å². The number of nitrogens with one attached hydrogen (secondary N) is 1. The normalized spacial score (nSPS) is 14.9. The van der Waals surface area contributed by atoms with Gasteiger partial charge in [-0.3, -0.25) is 4.79 Å². The minimum atomic E-state index is -4.02. The lowest BCUT2D eigenvalue weighted by Crippen LogP contribution is -2.40. The van der Waals surface area contributed by atoms with E-state index in [1.807, 2.05) is 0 Å². The second-order valence-electron chi connectivity index (χ2n) is 8.65. The van der Waals surface area contributed by atoms with E-state index >= 15 is 0 Å². The highest BCUT2D eigenvalue weighted by atomic mass is 32.2. The Morgan fingerprint density at radius 1 is 0.842 bits per heavy atom. The maximum Gasteiger partial charge on any atom is 0.243 e. The minimum absolute atomic E-state index is 0.0342. The molecule has 0 aliphatic carbocycles. The molecule has 1 aliphatic heterocycles. The summed E-state index contributed by atoms with van der Waals surface area (Å²) in [7, 11) is -7.65. The van der Waals surface area contributed by atoms with E-state index in [1.165, 1.54) is 52.8 Å². The summed E-state index contributed by atoms with van der Waals surface area (Å²) in [6.07, 6.45) is 0. The molecule has 0 saturated carbocycles. The van der Waals surface area contributed by atoms with E-state index in [2.05, 4.69) is 5.32 Å². The topological polar surface area (TPSA) is 113 Å². The number of morpholine rings is 1. The number of rotatable bonds is 10. The Bertz CT molecular complexity index is 1440. The SMILES string of the molecule is O=C(CN(Cc1ccc(F)cc1)S(=O)(=O)c1ccccc1)NCc1ccc(S(=O)(=O)N2CCOCC2)cc1. The quantitative estimate of drug-likeness (QED) is 0.407. The zero-order chi connectivity index (χ0) is 27.2. The first kappa shape index (κ1) is 27.9. The molecule has 0 unspecified atom stereocenters. The molecule has 3 aromatic rings. The van der Waals surface area contributed by atoms with Crippen LogP contribution in [0.2, 0.25) is 0 Å². The lowest BCUT2D eigenvalue weighted by Gasteiger charge is -2.26. The Hall–Kier alpha value is -3.16. The molecule has 1 heterocycles. The van der Waals surface area contributed by atoms with Crippen LogP contribution in [-0.2, 0) is 42.7 Å². The van der Waals surface area contributed by atoms with Crippen LogP contribution in [0.3, 0.4) is 0 Å². The van der Waals surface area contributed by atoms with Gasteiger partial charge in [-0.2, -0.15) is 8.61 Å². The molecule has 0 radical (unpaired) electrons. The lowest BCUT2D eigenvalue weighted by atomic mass is 10.2. The van der Waals surface area contributed by atoms with Crippen molar-refractivity contribution in [1.82, 2.24) is 13.9 Å². The molecule has 1 saturated heterocycles. The number of sulfonamides is 2. The van der Waals surface area contributed by atoms with Crippen molar-refractivity contribution in [1.29, 1.82) is 0 Å². The molecule has 3 aromatic carbocycles. The smallest absolute Gasteiger partial charge is 0.243 e. The molecule has 1 aliphatic rings. The molecule has 202 valence electrons. The summed E-state index contributed by atoms with van der Waals surface area (Å²) in [6.45, 7) is 0.771. The molecular formula is C26H28FN3O6S2. The van der Waals surface area contributed by atoms with E-state index in [0.717, 1.165) is 4.31 Å². The largest absolute Gasteiger partial charge is 0.379 e. The molecule has 0 atom stereocenters. The molecule has 38 heavy (non-hydrogen) atoms. The number of nitrogens with zero attached hydrogens (tertiary/aromatic N) is 2. The monoisotopic (exact) mass is 561 g/mol. The van der Waals surface area contributed by atoms with Crippen LogP contribution >= 0.6 is 0 Å². The fourth-order valence-electron chi connectivity index (χ4n) is 3.89. The predicted octanol–water partition coefficient (Wildman–Crippen LogP) is 2.35. The van der Waals surface area contributed by atoms with Gasteiger partial charge >= 0.3 is 0 Å². The van der Waals surface area contributed by atoms with Gasteiger partial charge in [-0.25, -0.2) is 21.2 Å². The van der Waals surface area contributed by atoms with Gasteiger partial charge in [0.15, 0.2) is 0 Å². The number of carbonyl (C=O) groups excluding carboxylic acids is 1. The van der Waals surface area contributed by atoms with E-state index in [1.54, 1.807) is 30.3 Å². The van der Waals surface area contributed by atoms with Gasteiger partial charge in [-0.1, -0.05) is 42.5 Å². The molecule has 4 rings (SSSR count).